The van der Waals surface area contributed by atoms with Gasteiger partial charge >= 0.3 is 0 Å². The molecule has 0 radical (unpaired) electrons. The van der Waals surface area contributed by atoms with Crippen molar-refractivity contribution in [3.05, 3.63) is 28.0 Å². The summed E-state index contributed by atoms with van der Waals surface area (Å²) in [7, 11) is 0. The molecule has 0 atom stereocenters. The Kier molecular flexibility index (Phi) is 8.61. The van der Waals surface area contributed by atoms with Gasteiger partial charge < -0.3 is 10.6 Å². The molecule has 0 spiro atoms. The fourth-order valence-corrected chi connectivity index (χ4v) is 3.27. The van der Waals surface area contributed by atoms with Gasteiger partial charge in [0.05, 0.1) is 18.8 Å². The van der Waals surface area contributed by atoms with Crippen LogP contribution in [0.4, 0.5) is 0 Å². The molecule has 10 heteroatoms. The molecule has 2 N–H and O–H groups in total. The smallest absolute Gasteiger partial charge is 0.273 e. The lowest BCUT2D eigenvalue weighted by atomic mass is 10.1. The average molecular weight is 393 g/mol. The first-order valence-electron chi connectivity index (χ1n) is 7.60. The van der Waals surface area contributed by atoms with E-state index in [0.717, 1.165) is 37.4 Å². The number of halogens is 2. The number of aromatic nitrogens is 4. The second-order valence-electron chi connectivity index (χ2n) is 5.32. The van der Waals surface area contributed by atoms with E-state index in [-0.39, 0.29) is 30.7 Å². The van der Waals surface area contributed by atoms with E-state index in [1.54, 1.807) is 17.5 Å². The van der Waals surface area contributed by atoms with Gasteiger partial charge in [-0.2, -0.15) is 0 Å². The van der Waals surface area contributed by atoms with Crippen LogP contribution < -0.4 is 10.6 Å². The topological polar surface area (TPSA) is 84.7 Å². The highest BCUT2D eigenvalue weighted by molar-refractivity contribution is 7.11. The number of nitrogens with one attached hydrogen (secondary N) is 2. The second-order valence-corrected chi connectivity index (χ2v) is 6.52. The molecule has 0 aliphatic carbocycles. The van der Waals surface area contributed by atoms with Gasteiger partial charge in [0.2, 0.25) is 0 Å². The Bertz CT molecular complexity index is 641. The number of carbonyl (C=O) groups is 1. The molecule has 1 fully saturated rings. The summed E-state index contributed by atoms with van der Waals surface area (Å²) in [4.78, 5) is 17.6. The van der Waals surface area contributed by atoms with Crippen molar-refractivity contribution in [3.8, 4) is 0 Å². The molecule has 1 saturated heterocycles. The number of hydrogen-bond acceptors (Lipinski definition) is 6. The summed E-state index contributed by atoms with van der Waals surface area (Å²) in [6.07, 6.45) is 6.60. The van der Waals surface area contributed by atoms with E-state index in [0.29, 0.717) is 18.3 Å². The SMILES string of the molecule is CCc1cnc(CNC(=O)c2cn(C3CCNCC3)nn2)s1.Cl.Cl. The van der Waals surface area contributed by atoms with Crippen LogP contribution in [-0.2, 0) is 13.0 Å². The summed E-state index contributed by atoms with van der Waals surface area (Å²) < 4.78 is 1.81. The molecule has 0 bridgehead atoms. The number of aryl methyl sites for hydroxylation is 1. The highest BCUT2D eigenvalue weighted by Gasteiger charge is 2.18. The Balaban J connectivity index is 0.00000144. The maximum absolute atomic E-state index is 12.1. The summed E-state index contributed by atoms with van der Waals surface area (Å²) in [5.74, 6) is -0.201. The molecule has 134 valence electrons. The normalized spacial score (nSPS) is 14.5. The van der Waals surface area contributed by atoms with Gasteiger partial charge in [-0.05, 0) is 32.4 Å². The molecule has 0 aromatic carbocycles. The summed E-state index contributed by atoms with van der Waals surface area (Å²) >= 11 is 1.62. The van der Waals surface area contributed by atoms with Crippen molar-refractivity contribution < 1.29 is 4.79 Å². The van der Waals surface area contributed by atoms with Crippen LogP contribution in [0.3, 0.4) is 0 Å². The third-order valence-corrected chi connectivity index (χ3v) is 4.92. The summed E-state index contributed by atoms with van der Waals surface area (Å²) in [5.41, 5.74) is 0.366. The first-order valence-corrected chi connectivity index (χ1v) is 8.42. The molecule has 1 aliphatic heterocycles. The molecule has 2 aromatic heterocycles. The predicted octanol–water partition coefficient (Wildman–Crippen LogP) is 2.00. The lowest BCUT2D eigenvalue weighted by Crippen LogP contribution is -2.29. The molecule has 0 unspecified atom stereocenters. The number of rotatable bonds is 5. The molecule has 3 heterocycles. The Morgan fingerprint density at radius 3 is 2.83 bits per heavy atom. The number of hydrogen-bond donors (Lipinski definition) is 2. The van der Waals surface area contributed by atoms with Crippen molar-refractivity contribution in [1.82, 2.24) is 30.6 Å². The number of amides is 1. The van der Waals surface area contributed by atoms with Crippen LogP contribution in [0.15, 0.2) is 12.4 Å². The van der Waals surface area contributed by atoms with E-state index < -0.39 is 0 Å². The van der Waals surface area contributed by atoms with Gasteiger partial charge in [-0.3, -0.25) is 4.79 Å². The van der Waals surface area contributed by atoms with Crippen LogP contribution in [0, 0.1) is 0 Å². The number of nitrogens with zero attached hydrogens (tertiary/aromatic N) is 4. The fraction of sp³-hybridized carbons (Fsp3) is 0.571. The van der Waals surface area contributed by atoms with Gasteiger partial charge in [-0.15, -0.1) is 41.2 Å². The summed E-state index contributed by atoms with van der Waals surface area (Å²) in [6, 6.07) is 0.335. The molecule has 2 aromatic rings. The summed E-state index contributed by atoms with van der Waals surface area (Å²) in [6.45, 7) is 4.49. The van der Waals surface area contributed by atoms with E-state index in [9.17, 15) is 4.79 Å². The van der Waals surface area contributed by atoms with Crippen molar-refractivity contribution >= 4 is 42.1 Å². The molecule has 24 heavy (non-hydrogen) atoms. The zero-order valence-corrected chi connectivity index (χ0v) is 15.8. The second kappa shape index (κ2) is 9.93. The monoisotopic (exact) mass is 392 g/mol. The number of carbonyl (C=O) groups excluding carboxylic acids is 1. The standard InChI is InChI=1S/C14H20N6OS.2ClH/c1-2-11-7-16-13(22-11)8-17-14(21)12-9-20(19-18-12)10-3-5-15-6-4-10;;/h7,9-10,15H,2-6,8H2,1H3,(H,17,21);2*1H. The molecule has 0 saturated carbocycles. The first kappa shape index (κ1) is 20.8. The van der Waals surface area contributed by atoms with Gasteiger partial charge in [0, 0.05) is 11.1 Å². The van der Waals surface area contributed by atoms with Gasteiger partial charge in [-0.25, -0.2) is 9.67 Å². The average Bonchev–Trinajstić information content (AvgIpc) is 3.22. The van der Waals surface area contributed by atoms with Crippen molar-refractivity contribution in [2.75, 3.05) is 13.1 Å². The van der Waals surface area contributed by atoms with E-state index >= 15 is 0 Å². The van der Waals surface area contributed by atoms with Crippen LogP contribution in [-0.4, -0.2) is 39.0 Å². The van der Waals surface area contributed by atoms with Crippen molar-refractivity contribution in [1.29, 1.82) is 0 Å². The number of thiazole rings is 1. The van der Waals surface area contributed by atoms with Gasteiger partial charge in [0.25, 0.3) is 5.91 Å². The summed E-state index contributed by atoms with van der Waals surface area (Å²) in [5, 5.41) is 15.2. The van der Waals surface area contributed by atoms with E-state index in [4.69, 9.17) is 0 Å². The van der Waals surface area contributed by atoms with E-state index in [1.807, 2.05) is 10.9 Å². The maximum atomic E-state index is 12.1. The molecule has 3 rings (SSSR count). The molecule has 1 aliphatic rings. The highest BCUT2D eigenvalue weighted by Crippen LogP contribution is 2.17. The number of piperidine rings is 1. The maximum Gasteiger partial charge on any atom is 0.273 e. The predicted molar refractivity (Wildman–Crippen MR) is 98.3 cm³/mol. The molecule has 1 amide bonds. The van der Waals surface area contributed by atoms with Crippen molar-refractivity contribution in [2.45, 2.75) is 38.8 Å². The quantitative estimate of drug-likeness (QED) is 0.812. The van der Waals surface area contributed by atoms with Crippen LogP contribution in [0.2, 0.25) is 0 Å². The Labute approximate surface area is 157 Å². The van der Waals surface area contributed by atoms with Crippen LogP contribution in [0.5, 0.6) is 0 Å². The van der Waals surface area contributed by atoms with Crippen LogP contribution in [0.1, 0.15) is 46.2 Å². The van der Waals surface area contributed by atoms with Gasteiger partial charge in [-0.1, -0.05) is 12.1 Å². The van der Waals surface area contributed by atoms with Crippen molar-refractivity contribution in [3.63, 3.8) is 0 Å². The highest BCUT2D eigenvalue weighted by atomic mass is 35.5. The van der Waals surface area contributed by atoms with Gasteiger partial charge in [0.15, 0.2) is 5.69 Å². The Hall–Kier alpha value is -1.22. The van der Waals surface area contributed by atoms with Crippen molar-refractivity contribution in [2.24, 2.45) is 0 Å². The van der Waals surface area contributed by atoms with Crippen LogP contribution in [0.25, 0.3) is 0 Å². The largest absolute Gasteiger partial charge is 0.344 e. The Morgan fingerprint density at radius 2 is 2.17 bits per heavy atom. The van der Waals surface area contributed by atoms with Gasteiger partial charge in [0.1, 0.15) is 5.01 Å². The fourth-order valence-electron chi connectivity index (χ4n) is 2.47. The minimum atomic E-state index is -0.201. The lowest BCUT2D eigenvalue weighted by molar-refractivity contribution is 0.0945. The molecular weight excluding hydrogens is 371 g/mol. The van der Waals surface area contributed by atoms with E-state index in [1.165, 1.54) is 4.88 Å². The lowest BCUT2D eigenvalue weighted by Gasteiger charge is -2.22. The zero-order valence-electron chi connectivity index (χ0n) is 13.4. The minimum Gasteiger partial charge on any atom is -0.344 e. The van der Waals surface area contributed by atoms with E-state index in [2.05, 4.69) is 32.9 Å². The molecule has 7 nitrogen and oxygen atoms in total. The third kappa shape index (κ3) is 5.14. The molecular formula is C14H22Cl2N6OS. The zero-order chi connectivity index (χ0) is 15.4. The van der Waals surface area contributed by atoms with Crippen LogP contribution >= 0.6 is 36.2 Å². The first-order chi connectivity index (χ1) is 10.8. The third-order valence-electron chi connectivity index (χ3n) is 3.78. The Morgan fingerprint density at radius 1 is 1.42 bits per heavy atom. The minimum absolute atomic E-state index is 0.